The predicted octanol–water partition coefficient (Wildman–Crippen LogP) is 1.66. The van der Waals surface area contributed by atoms with Crippen LogP contribution in [0.1, 0.15) is 25.5 Å². The van der Waals surface area contributed by atoms with E-state index in [-0.39, 0.29) is 18.0 Å². The van der Waals surface area contributed by atoms with Crippen LogP contribution in [0, 0.1) is 0 Å². The third-order valence-electron chi connectivity index (χ3n) is 5.03. The summed E-state index contributed by atoms with van der Waals surface area (Å²) in [5.41, 5.74) is 1.21. The van der Waals surface area contributed by atoms with Crippen molar-refractivity contribution in [1.82, 2.24) is 25.3 Å². The van der Waals surface area contributed by atoms with Crippen LogP contribution in [-0.4, -0.2) is 93.0 Å². The van der Waals surface area contributed by atoms with Gasteiger partial charge in [0.15, 0.2) is 5.96 Å². The molecular weight excluding hydrogens is 388 g/mol. The molecule has 8 heteroatoms. The average molecular weight is 423 g/mol. The monoisotopic (exact) mass is 422 g/mol. The van der Waals surface area contributed by atoms with E-state index in [9.17, 15) is 4.79 Å². The van der Waals surface area contributed by atoms with E-state index in [4.69, 9.17) is 11.6 Å². The van der Waals surface area contributed by atoms with E-state index >= 15 is 0 Å². The first-order valence-electron chi connectivity index (χ1n) is 10.2. The number of piperazine rings is 1. The van der Waals surface area contributed by atoms with Gasteiger partial charge in [-0.2, -0.15) is 0 Å². The molecule has 1 aromatic rings. The topological polar surface area (TPSA) is 63.2 Å². The molecule has 0 spiro atoms. The van der Waals surface area contributed by atoms with Crippen molar-refractivity contribution >= 4 is 23.5 Å². The average Bonchev–Trinajstić information content (AvgIpc) is 2.66. The van der Waals surface area contributed by atoms with Crippen LogP contribution in [0.4, 0.5) is 0 Å². The Kier molecular flexibility index (Phi) is 9.20. The molecule has 0 saturated carbocycles. The molecule has 0 radical (unpaired) electrons. The van der Waals surface area contributed by atoms with Gasteiger partial charge in [0.2, 0.25) is 5.91 Å². The number of aliphatic imine (C=N–C) groups is 1. The Morgan fingerprint density at radius 3 is 2.31 bits per heavy atom. The zero-order valence-corrected chi connectivity index (χ0v) is 19.0. The molecule has 1 atom stereocenters. The van der Waals surface area contributed by atoms with E-state index in [0.29, 0.717) is 6.54 Å². The SMILES string of the molecule is CN=C(NCC(c1ccc(Cl)cc1)N(C)C)N1CCN(CC(=O)NC(C)C)CC1. The first-order chi connectivity index (χ1) is 13.8. The second kappa shape index (κ2) is 11.4. The van der Waals surface area contributed by atoms with Gasteiger partial charge < -0.3 is 20.4 Å². The Balaban J connectivity index is 1.87. The van der Waals surface area contributed by atoms with Crippen molar-refractivity contribution in [3.05, 3.63) is 34.9 Å². The molecule has 1 amide bonds. The second-order valence-electron chi connectivity index (χ2n) is 7.94. The number of amides is 1. The van der Waals surface area contributed by atoms with E-state index in [1.165, 1.54) is 5.56 Å². The maximum atomic E-state index is 12.0. The first-order valence-corrected chi connectivity index (χ1v) is 10.6. The smallest absolute Gasteiger partial charge is 0.234 e. The van der Waals surface area contributed by atoms with Crippen molar-refractivity contribution in [2.24, 2.45) is 4.99 Å². The molecule has 1 aliphatic rings. The molecule has 1 saturated heterocycles. The second-order valence-corrected chi connectivity index (χ2v) is 8.38. The number of hydrogen-bond acceptors (Lipinski definition) is 4. The maximum Gasteiger partial charge on any atom is 0.234 e. The molecule has 0 bridgehead atoms. The standard InChI is InChI=1S/C21H35ClN6O/c1-16(2)25-20(29)15-27-10-12-28(13-11-27)21(23-3)24-14-19(26(4)5)17-6-8-18(22)9-7-17/h6-9,16,19H,10-15H2,1-5H3,(H,23,24)(H,25,29). The third-order valence-corrected chi connectivity index (χ3v) is 5.28. The third kappa shape index (κ3) is 7.49. The summed E-state index contributed by atoms with van der Waals surface area (Å²) in [4.78, 5) is 23.1. The fourth-order valence-corrected chi connectivity index (χ4v) is 3.62. The van der Waals surface area contributed by atoms with Crippen molar-refractivity contribution in [1.29, 1.82) is 0 Å². The molecule has 1 unspecified atom stereocenters. The fourth-order valence-electron chi connectivity index (χ4n) is 3.49. The quantitative estimate of drug-likeness (QED) is 0.517. The van der Waals surface area contributed by atoms with Crippen molar-refractivity contribution in [3.63, 3.8) is 0 Å². The van der Waals surface area contributed by atoms with Crippen LogP contribution in [0.25, 0.3) is 0 Å². The van der Waals surface area contributed by atoms with Gasteiger partial charge in [-0.25, -0.2) is 0 Å². The van der Waals surface area contributed by atoms with Crippen LogP contribution in [0.2, 0.25) is 5.02 Å². The molecule has 2 rings (SSSR count). The molecule has 7 nitrogen and oxygen atoms in total. The van der Waals surface area contributed by atoms with Gasteiger partial charge in [-0.05, 0) is 45.6 Å². The Hall–Kier alpha value is -1.83. The highest BCUT2D eigenvalue weighted by atomic mass is 35.5. The Bertz CT molecular complexity index is 668. The van der Waals surface area contributed by atoms with Gasteiger partial charge in [0.1, 0.15) is 0 Å². The van der Waals surface area contributed by atoms with E-state index in [1.54, 1.807) is 0 Å². The van der Waals surface area contributed by atoms with Crippen LogP contribution >= 0.6 is 11.6 Å². The van der Waals surface area contributed by atoms with Gasteiger partial charge in [0.25, 0.3) is 0 Å². The number of halogens is 1. The maximum absolute atomic E-state index is 12.0. The lowest BCUT2D eigenvalue weighted by Gasteiger charge is -2.37. The van der Waals surface area contributed by atoms with E-state index in [0.717, 1.165) is 43.7 Å². The minimum absolute atomic E-state index is 0.0905. The molecule has 1 aliphatic heterocycles. The van der Waals surface area contributed by atoms with Gasteiger partial charge >= 0.3 is 0 Å². The summed E-state index contributed by atoms with van der Waals surface area (Å²) in [6.07, 6.45) is 0. The predicted molar refractivity (Wildman–Crippen MR) is 121 cm³/mol. The number of carbonyl (C=O) groups is 1. The van der Waals surface area contributed by atoms with Crippen molar-refractivity contribution in [2.45, 2.75) is 25.9 Å². The number of nitrogens with one attached hydrogen (secondary N) is 2. The summed E-state index contributed by atoms with van der Waals surface area (Å²) < 4.78 is 0. The molecule has 1 fully saturated rings. The minimum Gasteiger partial charge on any atom is -0.354 e. The summed E-state index contributed by atoms with van der Waals surface area (Å²) in [6, 6.07) is 8.38. The van der Waals surface area contributed by atoms with Gasteiger partial charge in [-0.3, -0.25) is 14.7 Å². The zero-order valence-electron chi connectivity index (χ0n) is 18.3. The molecule has 1 heterocycles. The number of rotatable bonds is 7. The summed E-state index contributed by atoms with van der Waals surface area (Å²) in [5, 5.41) is 7.22. The van der Waals surface area contributed by atoms with Crippen LogP contribution in [0.3, 0.4) is 0 Å². The zero-order chi connectivity index (χ0) is 21.4. The van der Waals surface area contributed by atoms with Crippen LogP contribution in [-0.2, 0) is 4.79 Å². The molecule has 1 aromatic carbocycles. The summed E-state index contributed by atoms with van der Waals surface area (Å²) >= 11 is 6.03. The van der Waals surface area contributed by atoms with E-state index in [2.05, 4.69) is 56.6 Å². The van der Waals surface area contributed by atoms with Crippen molar-refractivity contribution in [3.8, 4) is 0 Å². The number of carbonyl (C=O) groups excluding carboxylic acids is 1. The number of hydrogen-bond donors (Lipinski definition) is 2. The number of nitrogens with zero attached hydrogens (tertiary/aromatic N) is 4. The molecule has 2 N–H and O–H groups in total. The number of benzene rings is 1. The van der Waals surface area contributed by atoms with E-state index in [1.807, 2.05) is 33.0 Å². The lowest BCUT2D eigenvalue weighted by atomic mass is 10.1. The van der Waals surface area contributed by atoms with Gasteiger partial charge in [0, 0.05) is 50.8 Å². The summed E-state index contributed by atoms with van der Waals surface area (Å²) in [7, 11) is 5.97. The minimum atomic E-state index is 0.0905. The highest BCUT2D eigenvalue weighted by Gasteiger charge is 2.22. The number of likely N-dealkylation sites (N-methyl/N-ethyl adjacent to an activating group) is 1. The van der Waals surface area contributed by atoms with Crippen LogP contribution in [0.5, 0.6) is 0 Å². The molecule has 0 aliphatic carbocycles. The van der Waals surface area contributed by atoms with Gasteiger partial charge in [-0.15, -0.1) is 0 Å². The largest absolute Gasteiger partial charge is 0.354 e. The molecule has 29 heavy (non-hydrogen) atoms. The lowest BCUT2D eigenvalue weighted by molar-refractivity contribution is -0.123. The van der Waals surface area contributed by atoms with Crippen molar-refractivity contribution < 1.29 is 4.79 Å². The fraction of sp³-hybridized carbons (Fsp3) is 0.619. The Labute approximate surface area is 180 Å². The van der Waals surface area contributed by atoms with Crippen LogP contribution < -0.4 is 10.6 Å². The summed E-state index contributed by atoms with van der Waals surface area (Å²) in [5.74, 6) is 0.991. The van der Waals surface area contributed by atoms with Gasteiger partial charge in [0.05, 0.1) is 12.6 Å². The molecule has 0 aromatic heterocycles. The molecule has 162 valence electrons. The Morgan fingerprint density at radius 1 is 1.17 bits per heavy atom. The highest BCUT2D eigenvalue weighted by Crippen LogP contribution is 2.20. The Morgan fingerprint density at radius 2 is 1.79 bits per heavy atom. The summed E-state index contributed by atoms with van der Waals surface area (Å²) in [6.45, 7) is 8.56. The van der Waals surface area contributed by atoms with Gasteiger partial charge in [-0.1, -0.05) is 23.7 Å². The normalized spacial score (nSPS) is 17.0. The van der Waals surface area contributed by atoms with E-state index < -0.39 is 0 Å². The number of guanidine groups is 1. The van der Waals surface area contributed by atoms with Crippen LogP contribution in [0.15, 0.2) is 29.3 Å². The lowest BCUT2D eigenvalue weighted by Crippen LogP contribution is -2.54. The van der Waals surface area contributed by atoms with Crippen molar-refractivity contribution in [2.75, 3.05) is 60.4 Å². The highest BCUT2D eigenvalue weighted by molar-refractivity contribution is 6.30. The first kappa shape index (κ1) is 23.4. The molecular formula is C21H35ClN6O.